The molecular formula is C10H23NO. The van der Waals surface area contributed by atoms with Crippen LogP contribution in [0.3, 0.4) is 0 Å². The zero-order valence-electron chi connectivity index (χ0n) is 8.69. The van der Waals surface area contributed by atoms with E-state index in [-0.39, 0.29) is 5.41 Å². The smallest absolute Gasteiger partial charge is 0.0499 e. The Morgan fingerprint density at radius 3 is 2.08 bits per heavy atom. The van der Waals surface area contributed by atoms with Crippen LogP contribution in [0, 0.1) is 5.41 Å². The standard InChI is InChI=1S/C8H17NO.C2H6/c1-9-6-8(7-10)4-2-3-5-8;1-2/h9-10H,2-7H2,1H3;1-2H3. The number of hydrogen-bond donors (Lipinski definition) is 2. The molecule has 0 atom stereocenters. The fraction of sp³-hybridized carbons (Fsp3) is 1.00. The number of aliphatic hydroxyl groups excluding tert-OH is 1. The van der Waals surface area contributed by atoms with Crippen molar-refractivity contribution in [2.75, 3.05) is 20.2 Å². The van der Waals surface area contributed by atoms with E-state index >= 15 is 0 Å². The highest BCUT2D eigenvalue weighted by atomic mass is 16.3. The lowest BCUT2D eigenvalue weighted by Crippen LogP contribution is -2.33. The minimum atomic E-state index is 0.231. The van der Waals surface area contributed by atoms with Gasteiger partial charge in [0, 0.05) is 18.6 Å². The summed E-state index contributed by atoms with van der Waals surface area (Å²) < 4.78 is 0. The van der Waals surface area contributed by atoms with Crippen LogP contribution in [0.15, 0.2) is 0 Å². The molecular weight excluding hydrogens is 150 g/mol. The van der Waals surface area contributed by atoms with Crippen molar-refractivity contribution in [1.82, 2.24) is 5.32 Å². The van der Waals surface area contributed by atoms with Gasteiger partial charge in [0.15, 0.2) is 0 Å². The fourth-order valence-corrected chi connectivity index (χ4v) is 1.89. The van der Waals surface area contributed by atoms with Gasteiger partial charge >= 0.3 is 0 Å². The molecule has 1 saturated carbocycles. The highest BCUT2D eigenvalue weighted by molar-refractivity contribution is 4.85. The third-order valence-corrected chi connectivity index (χ3v) is 2.55. The van der Waals surface area contributed by atoms with E-state index in [0.29, 0.717) is 6.61 Å². The first-order valence-corrected chi connectivity index (χ1v) is 5.08. The minimum Gasteiger partial charge on any atom is -0.396 e. The van der Waals surface area contributed by atoms with Gasteiger partial charge in [0.2, 0.25) is 0 Å². The molecule has 1 aliphatic rings. The lowest BCUT2D eigenvalue weighted by molar-refractivity contribution is 0.131. The average Bonchev–Trinajstić information content (AvgIpc) is 2.58. The second-order valence-corrected chi connectivity index (χ2v) is 3.40. The number of rotatable bonds is 3. The summed E-state index contributed by atoms with van der Waals surface area (Å²) in [7, 11) is 1.95. The van der Waals surface area contributed by atoms with Crippen molar-refractivity contribution < 1.29 is 5.11 Å². The third kappa shape index (κ3) is 3.11. The van der Waals surface area contributed by atoms with Crippen LogP contribution in [0.2, 0.25) is 0 Å². The molecule has 0 aromatic rings. The van der Waals surface area contributed by atoms with E-state index in [1.54, 1.807) is 0 Å². The van der Waals surface area contributed by atoms with Crippen molar-refractivity contribution in [3.8, 4) is 0 Å². The number of aliphatic hydroxyl groups is 1. The first-order valence-electron chi connectivity index (χ1n) is 5.08. The maximum atomic E-state index is 9.11. The summed E-state index contributed by atoms with van der Waals surface area (Å²) in [6, 6.07) is 0. The first-order chi connectivity index (χ1) is 5.83. The molecule has 0 radical (unpaired) electrons. The van der Waals surface area contributed by atoms with Gasteiger partial charge in [0.1, 0.15) is 0 Å². The summed E-state index contributed by atoms with van der Waals surface area (Å²) in [5, 5.41) is 12.2. The van der Waals surface area contributed by atoms with Crippen molar-refractivity contribution in [3.05, 3.63) is 0 Å². The average molecular weight is 173 g/mol. The Bertz CT molecular complexity index is 98.0. The molecule has 0 unspecified atom stereocenters. The Morgan fingerprint density at radius 1 is 1.25 bits per heavy atom. The van der Waals surface area contributed by atoms with E-state index in [0.717, 1.165) is 6.54 Å². The van der Waals surface area contributed by atoms with Crippen molar-refractivity contribution in [1.29, 1.82) is 0 Å². The predicted octanol–water partition coefficient (Wildman–Crippen LogP) is 1.78. The SMILES string of the molecule is CC.CNCC1(CO)CCCC1. The van der Waals surface area contributed by atoms with Crippen LogP contribution in [-0.4, -0.2) is 25.3 Å². The summed E-state index contributed by atoms with van der Waals surface area (Å²) in [6.45, 7) is 5.33. The highest BCUT2D eigenvalue weighted by Crippen LogP contribution is 2.36. The second kappa shape index (κ2) is 6.44. The van der Waals surface area contributed by atoms with E-state index in [9.17, 15) is 0 Å². The molecule has 2 nitrogen and oxygen atoms in total. The van der Waals surface area contributed by atoms with Gasteiger partial charge in [-0.05, 0) is 19.9 Å². The predicted molar refractivity (Wildman–Crippen MR) is 53.3 cm³/mol. The molecule has 0 amide bonds. The molecule has 1 fully saturated rings. The Balaban J connectivity index is 0.000000561. The quantitative estimate of drug-likeness (QED) is 0.682. The van der Waals surface area contributed by atoms with Crippen LogP contribution in [0.25, 0.3) is 0 Å². The molecule has 2 N–H and O–H groups in total. The van der Waals surface area contributed by atoms with Gasteiger partial charge in [-0.15, -0.1) is 0 Å². The molecule has 0 bridgehead atoms. The van der Waals surface area contributed by atoms with E-state index < -0.39 is 0 Å². The van der Waals surface area contributed by atoms with Crippen LogP contribution in [0.4, 0.5) is 0 Å². The van der Waals surface area contributed by atoms with Crippen LogP contribution >= 0.6 is 0 Å². The molecule has 74 valence electrons. The molecule has 0 saturated heterocycles. The maximum Gasteiger partial charge on any atom is 0.0499 e. The van der Waals surface area contributed by atoms with Crippen LogP contribution < -0.4 is 5.32 Å². The Kier molecular flexibility index (Phi) is 6.39. The number of nitrogens with one attached hydrogen (secondary N) is 1. The van der Waals surface area contributed by atoms with E-state index in [1.165, 1.54) is 25.7 Å². The fourth-order valence-electron chi connectivity index (χ4n) is 1.89. The lowest BCUT2D eigenvalue weighted by atomic mass is 9.87. The van der Waals surface area contributed by atoms with Gasteiger partial charge in [0.25, 0.3) is 0 Å². The van der Waals surface area contributed by atoms with E-state index in [2.05, 4.69) is 5.32 Å². The molecule has 0 aromatic heterocycles. The monoisotopic (exact) mass is 173 g/mol. The Hall–Kier alpha value is -0.0800. The molecule has 0 aromatic carbocycles. The summed E-state index contributed by atoms with van der Waals surface area (Å²) >= 11 is 0. The lowest BCUT2D eigenvalue weighted by Gasteiger charge is -2.25. The zero-order valence-corrected chi connectivity index (χ0v) is 8.69. The van der Waals surface area contributed by atoms with Gasteiger partial charge in [-0.1, -0.05) is 26.7 Å². The summed E-state index contributed by atoms with van der Waals surface area (Å²) in [4.78, 5) is 0. The van der Waals surface area contributed by atoms with Crippen molar-refractivity contribution in [2.24, 2.45) is 5.41 Å². The van der Waals surface area contributed by atoms with Gasteiger partial charge in [0.05, 0.1) is 0 Å². The normalized spacial score (nSPS) is 20.0. The van der Waals surface area contributed by atoms with Crippen LogP contribution in [0.5, 0.6) is 0 Å². The summed E-state index contributed by atoms with van der Waals surface area (Å²) in [5.41, 5.74) is 0.231. The van der Waals surface area contributed by atoms with Crippen LogP contribution in [-0.2, 0) is 0 Å². The first kappa shape index (κ1) is 11.9. The summed E-state index contributed by atoms with van der Waals surface area (Å²) in [5.74, 6) is 0. The molecule has 2 heteroatoms. The molecule has 1 aliphatic carbocycles. The molecule has 1 rings (SSSR count). The molecule has 0 spiro atoms. The molecule has 0 aliphatic heterocycles. The number of hydrogen-bond acceptors (Lipinski definition) is 2. The van der Waals surface area contributed by atoms with Crippen molar-refractivity contribution >= 4 is 0 Å². The Morgan fingerprint density at radius 2 is 1.75 bits per heavy atom. The maximum absolute atomic E-state index is 9.11. The Labute approximate surface area is 76.4 Å². The topological polar surface area (TPSA) is 32.3 Å². The zero-order chi connectivity index (χ0) is 9.45. The van der Waals surface area contributed by atoms with Crippen LogP contribution in [0.1, 0.15) is 39.5 Å². The molecule has 12 heavy (non-hydrogen) atoms. The van der Waals surface area contributed by atoms with Gasteiger partial charge in [-0.25, -0.2) is 0 Å². The van der Waals surface area contributed by atoms with Gasteiger partial charge in [-0.3, -0.25) is 0 Å². The molecule has 0 heterocycles. The second-order valence-electron chi connectivity index (χ2n) is 3.40. The van der Waals surface area contributed by atoms with Crippen molar-refractivity contribution in [3.63, 3.8) is 0 Å². The van der Waals surface area contributed by atoms with E-state index in [4.69, 9.17) is 5.11 Å². The van der Waals surface area contributed by atoms with E-state index in [1.807, 2.05) is 20.9 Å². The highest BCUT2D eigenvalue weighted by Gasteiger charge is 2.31. The largest absolute Gasteiger partial charge is 0.396 e. The van der Waals surface area contributed by atoms with Crippen molar-refractivity contribution in [2.45, 2.75) is 39.5 Å². The minimum absolute atomic E-state index is 0.231. The van der Waals surface area contributed by atoms with Gasteiger partial charge in [-0.2, -0.15) is 0 Å². The van der Waals surface area contributed by atoms with Gasteiger partial charge < -0.3 is 10.4 Å². The summed E-state index contributed by atoms with van der Waals surface area (Å²) in [6.07, 6.45) is 4.99. The third-order valence-electron chi connectivity index (χ3n) is 2.55.